The van der Waals surface area contributed by atoms with Crippen LogP contribution >= 0.6 is 0 Å². The molecule has 0 bridgehead atoms. The predicted molar refractivity (Wildman–Crippen MR) is 72.6 cm³/mol. The number of methoxy groups -OCH3 is 1. The third-order valence-corrected chi connectivity index (χ3v) is 3.39. The minimum Gasteiger partial charge on any atom is -0.481 e. The van der Waals surface area contributed by atoms with Gasteiger partial charge in [0.25, 0.3) is 0 Å². The molecule has 1 atom stereocenters. The Kier molecular flexibility index (Phi) is 4.42. The van der Waals surface area contributed by atoms with Gasteiger partial charge in [-0.2, -0.15) is 0 Å². The highest BCUT2D eigenvalue weighted by atomic mass is 16.5. The molecule has 0 radical (unpaired) electrons. The zero-order valence-electron chi connectivity index (χ0n) is 11.5. The van der Waals surface area contributed by atoms with E-state index in [4.69, 9.17) is 0 Å². The average Bonchev–Trinajstić information content (AvgIpc) is 2.50. The molecule has 0 spiro atoms. The molecule has 0 fully saturated rings. The molecule has 1 heterocycles. The topological polar surface area (TPSA) is 95.9 Å². The molecule has 2 N–H and O–H groups in total. The number of nitrogens with one attached hydrogen (secondary N) is 1. The lowest BCUT2D eigenvalue weighted by Gasteiger charge is -2.32. The van der Waals surface area contributed by atoms with E-state index in [0.29, 0.717) is 6.54 Å². The summed E-state index contributed by atoms with van der Waals surface area (Å²) in [6.07, 6.45) is 0. The third-order valence-electron chi connectivity index (χ3n) is 3.39. The lowest BCUT2D eigenvalue weighted by Crippen LogP contribution is -2.46. The molecule has 2 amide bonds. The van der Waals surface area contributed by atoms with Crippen LogP contribution in [0.3, 0.4) is 0 Å². The van der Waals surface area contributed by atoms with Gasteiger partial charge in [-0.15, -0.1) is 0 Å². The van der Waals surface area contributed by atoms with E-state index >= 15 is 0 Å². The predicted octanol–water partition coefficient (Wildman–Crippen LogP) is 0.553. The van der Waals surface area contributed by atoms with Crippen LogP contribution in [-0.2, 0) is 20.9 Å². The number of amides is 2. The van der Waals surface area contributed by atoms with Gasteiger partial charge >= 0.3 is 18.0 Å². The standard InChI is InChI=1S/C14H16N2O5/c1-21-12(17)6-15-14(20)16-7-9-4-2-3-5-10(9)11(8-16)13(18)19/h2-5,11H,6-8H2,1H3,(H,15,20)(H,18,19). The lowest BCUT2D eigenvalue weighted by atomic mass is 9.90. The SMILES string of the molecule is COC(=O)CNC(=O)N1Cc2ccccc2C(C(=O)O)C1. The van der Waals surface area contributed by atoms with Crippen LogP contribution in [0.15, 0.2) is 24.3 Å². The number of hydrogen-bond acceptors (Lipinski definition) is 4. The fraction of sp³-hybridized carbons (Fsp3) is 0.357. The van der Waals surface area contributed by atoms with E-state index in [-0.39, 0.29) is 13.1 Å². The molecule has 7 heteroatoms. The summed E-state index contributed by atoms with van der Waals surface area (Å²) in [5.41, 5.74) is 1.52. The number of aliphatic carboxylic acids is 1. The van der Waals surface area contributed by atoms with Gasteiger partial charge in [0.15, 0.2) is 0 Å². The smallest absolute Gasteiger partial charge is 0.325 e. The van der Waals surface area contributed by atoms with Crippen LogP contribution in [0, 0.1) is 0 Å². The monoisotopic (exact) mass is 292 g/mol. The summed E-state index contributed by atoms with van der Waals surface area (Å²) in [7, 11) is 1.23. The van der Waals surface area contributed by atoms with Crippen LogP contribution in [0.25, 0.3) is 0 Å². The van der Waals surface area contributed by atoms with Gasteiger partial charge in [-0.1, -0.05) is 24.3 Å². The third kappa shape index (κ3) is 3.31. The number of hydrogen-bond donors (Lipinski definition) is 2. The second kappa shape index (κ2) is 6.25. The molecule has 1 aliphatic heterocycles. The molecular formula is C14H16N2O5. The number of carboxylic acid groups (broad SMARTS) is 1. The van der Waals surface area contributed by atoms with Gasteiger partial charge in [0.2, 0.25) is 0 Å². The molecule has 1 aliphatic rings. The molecule has 0 saturated carbocycles. The molecular weight excluding hydrogens is 276 g/mol. The molecule has 1 aromatic carbocycles. The highest BCUT2D eigenvalue weighted by Gasteiger charge is 2.32. The molecule has 7 nitrogen and oxygen atoms in total. The van der Waals surface area contributed by atoms with Gasteiger partial charge < -0.3 is 20.1 Å². The van der Waals surface area contributed by atoms with Gasteiger partial charge in [0, 0.05) is 13.1 Å². The molecule has 0 aromatic heterocycles. The molecule has 2 rings (SSSR count). The van der Waals surface area contributed by atoms with Gasteiger partial charge in [-0.25, -0.2) is 4.79 Å². The fourth-order valence-electron chi connectivity index (χ4n) is 2.30. The number of ether oxygens (including phenoxy) is 1. The van der Waals surface area contributed by atoms with Crippen molar-refractivity contribution in [1.82, 2.24) is 10.2 Å². The van der Waals surface area contributed by atoms with Crippen molar-refractivity contribution in [1.29, 1.82) is 0 Å². The minimum atomic E-state index is -0.979. The first-order chi connectivity index (χ1) is 10.0. The van der Waals surface area contributed by atoms with E-state index in [9.17, 15) is 19.5 Å². The van der Waals surface area contributed by atoms with Crippen molar-refractivity contribution in [2.24, 2.45) is 0 Å². The number of nitrogens with zero attached hydrogens (tertiary/aromatic N) is 1. The Bertz CT molecular complexity index is 572. The number of carbonyl (C=O) groups excluding carboxylic acids is 2. The normalized spacial score (nSPS) is 16.8. The Hall–Kier alpha value is -2.57. The van der Waals surface area contributed by atoms with E-state index in [1.807, 2.05) is 0 Å². The summed E-state index contributed by atoms with van der Waals surface area (Å²) in [4.78, 5) is 35.8. The van der Waals surface area contributed by atoms with Crippen LogP contribution in [0.5, 0.6) is 0 Å². The van der Waals surface area contributed by atoms with Crippen molar-refractivity contribution < 1.29 is 24.2 Å². The van der Waals surface area contributed by atoms with Crippen LogP contribution in [0.1, 0.15) is 17.0 Å². The van der Waals surface area contributed by atoms with Crippen molar-refractivity contribution >= 4 is 18.0 Å². The molecule has 0 saturated heterocycles. The number of urea groups is 1. The maximum atomic E-state index is 12.0. The van der Waals surface area contributed by atoms with Crippen LogP contribution in [-0.4, -0.2) is 48.2 Å². The van der Waals surface area contributed by atoms with Crippen molar-refractivity contribution in [3.05, 3.63) is 35.4 Å². The number of rotatable bonds is 3. The lowest BCUT2D eigenvalue weighted by molar-refractivity contribution is -0.140. The zero-order valence-corrected chi connectivity index (χ0v) is 11.5. The highest BCUT2D eigenvalue weighted by Crippen LogP contribution is 2.28. The summed E-state index contributed by atoms with van der Waals surface area (Å²) in [5.74, 6) is -2.30. The van der Waals surface area contributed by atoms with Crippen molar-refractivity contribution in [2.45, 2.75) is 12.5 Å². The first-order valence-electron chi connectivity index (χ1n) is 6.43. The van der Waals surface area contributed by atoms with Gasteiger partial charge in [-0.3, -0.25) is 9.59 Å². The fourth-order valence-corrected chi connectivity index (χ4v) is 2.30. The Morgan fingerprint density at radius 3 is 2.76 bits per heavy atom. The average molecular weight is 292 g/mol. The quantitative estimate of drug-likeness (QED) is 0.793. The number of benzene rings is 1. The second-order valence-corrected chi connectivity index (χ2v) is 4.70. The van der Waals surface area contributed by atoms with Crippen molar-refractivity contribution in [2.75, 3.05) is 20.2 Å². The summed E-state index contributed by atoms with van der Waals surface area (Å²) < 4.78 is 4.44. The Labute approximate surface area is 121 Å². The molecule has 21 heavy (non-hydrogen) atoms. The Morgan fingerprint density at radius 1 is 1.38 bits per heavy atom. The number of fused-ring (bicyclic) bond motifs is 1. The summed E-state index contributed by atoms with van der Waals surface area (Å²) >= 11 is 0. The van der Waals surface area contributed by atoms with E-state index in [1.165, 1.54) is 12.0 Å². The van der Waals surface area contributed by atoms with E-state index in [1.54, 1.807) is 24.3 Å². The number of carboxylic acids is 1. The largest absolute Gasteiger partial charge is 0.481 e. The second-order valence-electron chi connectivity index (χ2n) is 4.70. The summed E-state index contributed by atoms with van der Waals surface area (Å²) in [6.45, 7) is 0.136. The Morgan fingerprint density at radius 2 is 2.10 bits per heavy atom. The van der Waals surface area contributed by atoms with Gasteiger partial charge in [-0.05, 0) is 11.1 Å². The molecule has 112 valence electrons. The van der Waals surface area contributed by atoms with Crippen molar-refractivity contribution in [3.8, 4) is 0 Å². The summed E-state index contributed by atoms with van der Waals surface area (Å²) in [5, 5.41) is 11.7. The van der Waals surface area contributed by atoms with Crippen LogP contribution in [0.4, 0.5) is 4.79 Å². The van der Waals surface area contributed by atoms with Crippen molar-refractivity contribution in [3.63, 3.8) is 0 Å². The van der Waals surface area contributed by atoms with Gasteiger partial charge in [0.05, 0.1) is 13.0 Å². The maximum Gasteiger partial charge on any atom is 0.325 e. The van der Waals surface area contributed by atoms with Crippen LogP contribution < -0.4 is 5.32 Å². The Balaban J connectivity index is 2.12. The van der Waals surface area contributed by atoms with E-state index < -0.39 is 23.9 Å². The summed E-state index contributed by atoms with van der Waals surface area (Å²) in [6, 6.07) is 6.65. The van der Waals surface area contributed by atoms with E-state index in [2.05, 4.69) is 10.1 Å². The maximum absolute atomic E-state index is 12.0. The number of carbonyl (C=O) groups is 3. The molecule has 1 unspecified atom stereocenters. The highest BCUT2D eigenvalue weighted by molar-refractivity contribution is 5.83. The molecule has 1 aromatic rings. The number of esters is 1. The zero-order chi connectivity index (χ0) is 15.4. The van der Waals surface area contributed by atoms with Gasteiger partial charge in [0.1, 0.15) is 6.54 Å². The van der Waals surface area contributed by atoms with Crippen LogP contribution in [0.2, 0.25) is 0 Å². The minimum absolute atomic E-state index is 0.0688. The molecule has 0 aliphatic carbocycles. The first kappa shape index (κ1) is 14.8. The van der Waals surface area contributed by atoms with E-state index in [0.717, 1.165) is 11.1 Å². The first-order valence-corrected chi connectivity index (χ1v) is 6.43.